The Balaban J connectivity index is 1.14. The summed E-state index contributed by atoms with van der Waals surface area (Å²) in [6.45, 7) is 14.5. The fourth-order valence-corrected chi connectivity index (χ4v) is 14.8. The first-order valence-corrected chi connectivity index (χ1v) is 24.4. The van der Waals surface area contributed by atoms with Gasteiger partial charge in [0.2, 0.25) is 0 Å². The van der Waals surface area contributed by atoms with E-state index in [4.69, 9.17) is 28.4 Å². The normalized spacial score (nSPS) is 52.3. The fourth-order valence-electron chi connectivity index (χ4n) is 14.8. The molecule has 0 aromatic heterocycles. The van der Waals surface area contributed by atoms with Crippen LogP contribution in [0.2, 0.25) is 0 Å². The first kappa shape index (κ1) is 53.8. The number of fused-ring (bicyclic) bond motifs is 5. The van der Waals surface area contributed by atoms with E-state index in [0.29, 0.717) is 25.7 Å². The summed E-state index contributed by atoms with van der Waals surface area (Å²) in [5.74, 6) is -0.422. The van der Waals surface area contributed by atoms with Gasteiger partial charge in [-0.2, -0.15) is 0 Å². The van der Waals surface area contributed by atoms with Crippen LogP contribution in [0.5, 0.6) is 0 Å². The number of aliphatic hydroxyl groups excluding tert-OH is 12. The molecule has 7 fully saturated rings. The van der Waals surface area contributed by atoms with Gasteiger partial charge in [-0.15, -0.1) is 0 Å². The van der Waals surface area contributed by atoms with E-state index in [9.17, 15) is 66.4 Å². The second-order valence-corrected chi connectivity index (χ2v) is 23.3. The van der Waals surface area contributed by atoms with Crippen molar-refractivity contribution in [2.45, 2.75) is 222 Å². The van der Waals surface area contributed by atoms with Crippen molar-refractivity contribution in [2.24, 2.45) is 45.3 Å². The molecule has 0 spiro atoms. The smallest absolute Gasteiger partial charge is 0.187 e. The van der Waals surface area contributed by atoms with Crippen molar-refractivity contribution in [3.05, 3.63) is 12.2 Å². The predicted octanol–water partition coefficient (Wildman–Crippen LogP) is -1.06. The largest absolute Gasteiger partial charge is 0.394 e. The molecule has 0 bridgehead atoms. The molecule has 0 radical (unpaired) electrons. The monoisotopic (exact) mass is 963 g/mol. The van der Waals surface area contributed by atoms with Crippen LogP contribution in [0.15, 0.2) is 12.2 Å². The molecule has 3 aliphatic heterocycles. The summed E-state index contributed by atoms with van der Waals surface area (Å²) in [4.78, 5) is 0. The van der Waals surface area contributed by atoms with Crippen molar-refractivity contribution in [1.29, 1.82) is 0 Å². The summed E-state index contributed by atoms with van der Waals surface area (Å²) >= 11 is 0. The molecule has 7 aliphatic rings. The van der Waals surface area contributed by atoms with E-state index >= 15 is 0 Å². The van der Waals surface area contributed by atoms with E-state index in [1.807, 2.05) is 13.0 Å². The molecule has 13 N–H and O–H groups in total. The lowest BCUT2D eigenvalue weighted by molar-refractivity contribution is -0.378. The lowest BCUT2D eigenvalue weighted by Gasteiger charge is -2.71. The van der Waals surface area contributed by atoms with Crippen molar-refractivity contribution >= 4 is 0 Å². The van der Waals surface area contributed by atoms with Crippen LogP contribution >= 0.6 is 0 Å². The summed E-state index contributed by atoms with van der Waals surface area (Å²) in [5, 5.41) is 139. The van der Waals surface area contributed by atoms with Crippen molar-refractivity contribution in [1.82, 2.24) is 0 Å². The number of ether oxygens (including phenoxy) is 6. The summed E-state index contributed by atoms with van der Waals surface area (Å²) < 4.78 is 37.1. The van der Waals surface area contributed by atoms with E-state index in [0.717, 1.165) is 19.3 Å². The highest BCUT2D eigenvalue weighted by Gasteiger charge is 2.72. The number of hydrogen-bond acceptors (Lipinski definition) is 19. The van der Waals surface area contributed by atoms with E-state index in [-0.39, 0.29) is 40.9 Å². The van der Waals surface area contributed by atoms with Crippen molar-refractivity contribution < 1.29 is 94.8 Å². The minimum atomic E-state index is -1.80. The molecule has 7 rings (SSSR count). The van der Waals surface area contributed by atoms with Crippen LogP contribution in [-0.4, -0.2) is 202 Å². The summed E-state index contributed by atoms with van der Waals surface area (Å²) in [6.07, 6.45) is -15.8. The second kappa shape index (κ2) is 19.4. The third-order valence-corrected chi connectivity index (χ3v) is 18.7. The lowest BCUT2D eigenvalue weighted by atomic mass is 9.35. The molecule has 0 amide bonds. The first-order chi connectivity index (χ1) is 31.1. The molecule has 0 aromatic carbocycles. The van der Waals surface area contributed by atoms with Crippen LogP contribution in [0.3, 0.4) is 0 Å². The van der Waals surface area contributed by atoms with Crippen molar-refractivity contribution in [3.8, 4) is 0 Å². The Morgan fingerprint density at radius 3 is 1.67 bits per heavy atom. The van der Waals surface area contributed by atoms with E-state index in [1.54, 1.807) is 19.9 Å². The zero-order valence-electron chi connectivity index (χ0n) is 40.3. The maximum absolute atomic E-state index is 12.7. The lowest BCUT2D eigenvalue weighted by Crippen LogP contribution is -2.68. The first-order valence-electron chi connectivity index (χ1n) is 24.4. The maximum atomic E-state index is 12.7. The highest BCUT2D eigenvalue weighted by Crippen LogP contribution is 2.76. The standard InChI is InChI=1S/C48H82O19/c1-43(2,61)13-9-14-48(8,67-41-38(60)35(57)32(54)25(20-50)63-41)22-10-16-47(7)30(22)23(52)18-28-45(5)15-12-29(44(3,4)27(45)11-17-46(28,47)6)65-42-39(36(58)33(55)26(21-51)64-42)66-40-37(59)34(56)31(53)24(19-49)62-40/h9,13,22-42,49-61H,10-12,14-21H2,1-8H3. The Bertz CT molecular complexity index is 1710. The van der Waals surface area contributed by atoms with E-state index < -0.39 is 146 Å². The molecule has 67 heavy (non-hydrogen) atoms. The van der Waals surface area contributed by atoms with Gasteiger partial charge in [-0.1, -0.05) is 46.8 Å². The minimum absolute atomic E-state index is 0.0608. The molecular formula is C48H82O19. The molecule has 0 aromatic rings. The van der Waals surface area contributed by atoms with Gasteiger partial charge in [0.1, 0.15) is 73.2 Å². The number of aliphatic hydroxyl groups is 13. The van der Waals surface area contributed by atoms with Crippen LogP contribution in [0, 0.1) is 45.3 Å². The van der Waals surface area contributed by atoms with E-state index in [1.165, 1.54) is 0 Å². The summed E-state index contributed by atoms with van der Waals surface area (Å²) in [5.41, 5.74) is -3.75. The molecule has 25 atom stereocenters. The fraction of sp³-hybridized carbons (Fsp3) is 0.958. The van der Waals surface area contributed by atoms with Crippen molar-refractivity contribution in [2.75, 3.05) is 19.8 Å². The van der Waals surface area contributed by atoms with Crippen molar-refractivity contribution in [3.63, 3.8) is 0 Å². The quantitative estimate of drug-likeness (QED) is 0.0773. The van der Waals surface area contributed by atoms with Gasteiger partial charge in [-0.05, 0) is 117 Å². The Morgan fingerprint density at radius 1 is 0.582 bits per heavy atom. The third kappa shape index (κ3) is 9.24. The Kier molecular flexibility index (Phi) is 15.6. The van der Waals surface area contributed by atoms with Gasteiger partial charge in [-0.25, -0.2) is 0 Å². The van der Waals surface area contributed by atoms with Crippen LogP contribution < -0.4 is 0 Å². The molecule has 3 heterocycles. The summed E-state index contributed by atoms with van der Waals surface area (Å²) in [6, 6.07) is 0. The van der Waals surface area contributed by atoms with Gasteiger partial charge in [0.05, 0.1) is 43.2 Å². The van der Waals surface area contributed by atoms with Crippen LogP contribution in [-0.2, 0) is 28.4 Å². The highest BCUT2D eigenvalue weighted by molar-refractivity contribution is 5.21. The molecule has 19 nitrogen and oxygen atoms in total. The van der Waals surface area contributed by atoms with E-state index in [2.05, 4.69) is 34.6 Å². The SMILES string of the molecule is CC(C)(O)C=CCC(C)(OC1OC(CO)C(O)C(O)C1O)C1CCC2(C)C1C(O)CC1C3(C)CCC(OC4OC(CO)C(O)C(O)C4OC4OC(CO)C(O)C(O)C4O)C(C)(C)C3CCC12C. The number of hydrogen-bond donors (Lipinski definition) is 13. The second-order valence-electron chi connectivity index (χ2n) is 23.3. The average Bonchev–Trinajstić information content (AvgIpc) is 3.65. The van der Waals surface area contributed by atoms with Crippen LogP contribution in [0.25, 0.3) is 0 Å². The third-order valence-electron chi connectivity index (χ3n) is 18.7. The van der Waals surface area contributed by atoms with Gasteiger partial charge in [0, 0.05) is 0 Å². The van der Waals surface area contributed by atoms with Gasteiger partial charge in [0.15, 0.2) is 18.9 Å². The minimum Gasteiger partial charge on any atom is -0.394 e. The highest BCUT2D eigenvalue weighted by atomic mass is 16.8. The van der Waals surface area contributed by atoms with Crippen LogP contribution in [0.1, 0.15) is 107 Å². The Hall–Kier alpha value is -1.02. The molecule has 19 heteroatoms. The maximum Gasteiger partial charge on any atom is 0.187 e. The number of rotatable bonds is 13. The molecule has 25 unspecified atom stereocenters. The topological polar surface area (TPSA) is 318 Å². The van der Waals surface area contributed by atoms with Gasteiger partial charge < -0.3 is 94.8 Å². The Morgan fingerprint density at radius 2 is 1.10 bits per heavy atom. The Labute approximate surface area is 393 Å². The van der Waals surface area contributed by atoms with Gasteiger partial charge >= 0.3 is 0 Å². The average molecular weight is 963 g/mol. The summed E-state index contributed by atoms with van der Waals surface area (Å²) in [7, 11) is 0. The molecule has 4 aliphatic carbocycles. The zero-order valence-corrected chi connectivity index (χ0v) is 40.3. The molecule has 4 saturated carbocycles. The molecule has 3 saturated heterocycles. The molecule has 388 valence electrons. The van der Waals surface area contributed by atoms with Crippen LogP contribution in [0.4, 0.5) is 0 Å². The predicted molar refractivity (Wildman–Crippen MR) is 235 cm³/mol. The van der Waals surface area contributed by atoms with Gasteiger partial charge in [-0.3, -0.25) is 0 Å². The van der Waals surface area contributed by atoms with Gasteiger partial charge in [0.25, 0.3) is 0 Å². The zero-order chi connectivity index (χ0) is 49.6. The molecular weight excluding hydrogens is 881 g/mol.